The predicted octanol–water partition coefficient (Wildman–Crippen LogP) is 5.17. The molecule has 0 unspecified atom stereocenters. The molecule has 5 nitrogen and oxygen atoms in total. The maximum atomic E-state index is 13.2. The highest BCUT2D eigenvalue weighted by molar-refractivity contribution is 7.80. The fourth-order valence-electron chi connectivity index (χ4n) is 3.24. The van der Waals surface area contributed by atoms with Gasteiger partial charge >= 0.3 is 0 Å². The number of carbonyl (C=O) groups excluding carboxylic acids is 1. The molecule has 0 aliphatic carbocycles. The first-order valence-electron chi connectivity index (χ1n) is 9.11. The van der Waals surface area contributed by atoms with E-state index in [0.29, 0.717) is 38.6 Å². The lowest BCUT2D eigenvalue weighted by atomic mass is 10.00. The van der Waals surface area contributed by atoms with Gasteiger partial charge in [-0.25, -0.2) is 4.39 Å². The summed E-state index contributed by atoms with van der Waals surface area (Å²) in [4.78, 5) is 13.0. The zero-order valence-corrected chi connectivity index (χ0v) is 17.4. The number of hydrogen-bond acceptors (Lipinski definition) is 3. The van der Waals surface area contributed by atoms with Crippen LogP contribution in [0.3, 0.4) is 0 Å². The third-order valence-electron chi connectivity index (χ3n) is 4.64. The summed E-state index contributed by atoms with van der Waals surface area (Å²) < 4.78 is 19.2. The van der Waals surface area contributed by atoms with Crippen molar-refractivity contribution in [3.63, 3.8) is 0 Å². The largest absolute Gasteiger partial charge is 0.459 e. The van der Waals surface area contributed by atoms with Crippen molar-refractivity contribution in [3.8, 4) is 11.3 Å². The van der Waals surface area contributed by atoms with Crippen molar-refractivity contribution in [2.24, 2.45) is 0 Å². The second-order valence-corrected chi connectivity index (χ2v) is 7.59. The number of allylic oxidation sites excluding steroid dienone is 1. The topological polar surface area (TPSA) is 66.3 Å². The summed E-state index contributed by atoms with van der Waals surface area (Å²) in [5.74, 6) is 0.413. The minimum absolute atomic E-state index is 0.354. The summed E-state index contributed by atoms with van der Waals surface area (Å²) in [5.41, 5.74) is 2.32. The first-order valence-corrected chi connectivity index (χ1v) is 9.90. The van der Waals surface area contributed by atoms with Crippen LogP contribution in [0.1, 0.15) is 18.7 Å². The standard InChI is InChI=1S/C22H17ClFN3O2S/c1-12-19(21(28)26-16-7-5-15(24)6-8-16)20(27-22(30)25-12)18-10-9-17(29-18)13-3-2-4-14(23)11-13/h2-11,20H,1H3,(H,26,28)(H2,25,27,30)/t20-/m0/s1. The molecule has 0 spiro atoms. The number of carbonyl (C=O) groups is 1. The highest BCUT2D eigenvalue weighted by Crippen LogP contribution is 2.32. The molecule has 1 amide bonds. The third kappa shape index (κ3) is 4.22. The summed E-state index contributed by atoms with van der Waals surface area (Å²) >= 11 is 11.3. The lowest BCUT2D eigenvalue weighted by molar-refractivity contribution is -0.113. The van der Waals surface area contributed by atoms with Gasteiger partial charge in [-0.05, 0) is 67.7 Å². The van der Waals surface area contributed by atoms with Crippen LogP contribution >= 0.6 is 23.8 Å². The van der Waals surface area contributed by atoms with Crippen LogP contribution in [0.25, 0.3) is 11.3 Å². The Balaban J connectivity index is 1.65. The quantitative estimate of drug-likeness (QED) is 0.487. The van der Waals surface area contributed by atoms with E-state index in [9.17, 15) is 9.18 Å². The van der Waals surface area contributed by atoms with Gasteiger partial charge in [0.05, 0.1) is 5.57 Å². The number of benzene rings is 2. The molecule has 1 aliphatic heterocycles. The van der Waals surface area contributed by atoms with Gasteiger partial charge in [-0.15, -0.1) is 0 Å². The Kier molecular flexibility index (Phi) is 5.57. The van der Waals surface area contributed by atoms with E-state index >= 15 is 0 Å². The molecule has 3 N–H and O–H groups in total. The SMILES string of the molecule is CC1=C(C(=O)Nc2ccc(F)cc2)[C@H](c2ccc(-c3cccc(Cl)c3)o2)NC(=S)N1. The van der Waals surface area contributed by atoms with Crippen LogP contribution in [0.5, 0.6) is 0 Å². The summed E-state index contributed by atoms with van der Waals surface area (Å²) in [6, 6.07) is 15.9. The van der Waals surface area contributed by atoms with Gasteiger partial charge in [-0.1, -0.05) is 23.7 Å². The van der Waals surface area contributed by atoms with Crippen molar-refractivity contribution in [1.29, 1.82) is 0 Å². The second kappa shape index (κ2) is 8.30. The number of hydrogen-bond donors (Lipinski definition) is 3. The van der Waals surface area contributed by atoms with Crippen LogP contribution < -0.4 is 16.0 Å². The molecule has 152 valence electrons. The van der Waals surface area contributed by atoms with Crippen LogP contribution in [-0.2, 0) is 4.79 Å². The molecule has 4 rings (SSSR count). The molecular weight excluding hydrogens is 425 g/mol. The van der Waals surface area contributed by atoms with Crippen LogP contribution in [0.15, 0.2) is 76.4 Å². The zero-order chi connectivity index (χ0) is 21.3. The van der Waals surface area contributed by atoms with E-state index in [-0.39, 0.29) is 11.7 Å². The van der Waals surface area contributed by atoms with Crippen molar-refractivity contribution < 1.29 is 13.6 Å². The van der Waals surface area contributed by atoms with Crippen molar-refractivity contribution in [3.05, 3.63) is 88.5 Å². The van der Waals surface area contributed by atoms with E-state index in [0.717, 1.165) is 5.56 Å². The summed E-state index contributed by atoms with van der Waals surface area (Å²) in [6.07, 6.45) is 0. The molecule has 3 aromatic rings. The Morgan fingerprint density at radius 2 is 1.93 bits per heavy atom. The molecule has 0 bridgehead atoms. The van der Waals surface area contributed by atoms with Crippen molar-refractivity contribution in [2.45, 2.75) is 13.0 Å². The molecular formula is C22H17ClFN3O2S. The maximum Gasteiger partial charge on any atom is 0.255 e. The molecule has 0 saturated carbocycles. The number of rotatable bonds is 4. The molecule has 8 heteroatoms. The maximum absolute atomic E-state index is 13.2. The average Bonchev–Trinajstić information content (AvgIpc) is 3.19. The number of furan rings is 1. The molecule has 2 aromatic carbocycles. The van der Waals surface area contributed by atoms with Crippen LogP contribution in [0.4, 0.5) is 10.1 Å². The minimum atomic E-state index is -0.591. The van der Waals surface area contributed by atoms with Gasteiger partial charge in [0.2, 0.25) is 0 Å². The number of anilines is 1. The Bertz CT molecular complexity index is 1160. The van der Waals surface area contributed by atoms with Crippen LogP contribution in [-0.4, -0.2) is 11.0 Å². The van der Waals surface area contributed by atoms with E-state index < -0.39 is 6.04 Å². The Hall–Kier alpha value is -3.16. The van der Waals surface area contributed by atoms with Crippen molar-refractivity contribution in [1.82, 2.24) is 10.6 Å². The number of nitrogens with one attached hydrogen (secondary N) is 3. The molecule has 2 heterocycles. The molecule has 0 fully saturated rings. The van der Waals surface area contributed by atoms with E-state index in [1.807, 2.05) is 18.2 Å². The van der Waals surface area contributed by atoms with Gasteiger partial charge in [-0.2, -0.15) is 0 Å². The number of thiocarbonyl (C=S) groups is 1. The summed E-state index contributed by atoms with van der Waals surface area (Å²) in [6.45, 7) is 1.76. The van der Waals surface area contributed by atoms with Crippen molar-refractivity contribution >= 4 is 40.5 Å². The molecule has 30 heavy (non-hydrogen) atoms. The lowest BCUT2D eigenvalue weighted by Gasteiger charge is -2.28. The predicted molar refractivity (Wildman–Crippen MR) is 118 cm³/mol. The monoisotopic (exact) mass is 441 g/mol. The average molecular weight is 442 g/mol. The molecule has 1 aliphatic rings. The second-order valence-electron chi connectivity index (χ2n) is 6.74. The number of halogens is 2. The smallest absolute Gasteiger partial charge is 0.255 e. The van der Waals surface area contributed by atoms with Gasteiger partial charge in [0.25, 0.3) is 5.91 Å². The highest BCUT2D eigenvalue weighted by atomic mass is 35.5. The van der Waals surface area contributed by atoms with E-state index in [2.05, 4.69) is 16.0 Å². The first-order chi connectivity index (χ1) is 14.4. The molecule has 1 atom stereocenters. The van der Waals surface area contributed by atoms with Gasteiger partial charge in [0, 0.05) is 22.0 Å². The summed E-state index contributed by atoms with van der Waals surface area (Å²) in [7, 11) is 0. The van der Waals surface area contributed by atoms with Gasteiger partial charge in [0.15, 0.2) is 5.11 Å². The third-order valence-corrected chi connectivity index (χ3v) is 5.09. The van der Waals surface area contributed by atoms with Crippen LogP contribution in [0, 0.1) is 5.82 Å². The highest BCUT2D eigenvalue weighted by Gasteiger charge is 2.32. The van der Waals surface area contributed by atoms with E-state index in [4.69, 9.17) is 28.2 Å². The summed E-state index contributed by atoms with van der Waals surface area (Å²) in [5, 5.41) is 9.83. The Labute approximate surface area is 182 Å². The van der Waals surface area contributed by atoms with Crippen molar-refractivity contribution in [2.75, 3.05) is 5.32 Å². The Morgan fingerprint density at radius 3 is 2.67 bits per heavy atom. The fraction of sp³-hybridized carbons (Fsp3) is 0.0909. The van der Waals surface area contributed by atoms with E-state index in [1.165, 1.54) is 24.3 Å². The van der Waals surface area contributed by atoms with E-state index in [1.54, 1.807) is 25.1 Å². The van der Waals surface area contributed by atoms with Gasteiger partial charge < -0.3 is 20.4 Å². The Morgan fingerprint density at radius 1 is 1.17 bits per heavy atom. The first kappa shape index (κ1) is 20.1. The van der Waals surface area contributed by atoms with Gasteiger partial charge in [-0.3, -0.25) is 4.79 Å². The minimum Gasteiger partial charge on any atom is -0.459 e. The fourth-order valence-corrected chi connectivity index (χ4v) is 3.71. The molecule has 1 aromatic heterocycles. The molecule has 0 saturated heterocycles. The number of amides is 1. The van der Waals surface area contributed by atoms with Gasteiger partial charge in [0.1, 0.15) is 23.4 Å². The van der Waals surface area contributed by atoms with Crippen LogP contribution in [0.2, 0.25) is 5.02 Å². The zero-order valence-electron chi connectivity index (χ0n) is 15.8. The molecule has 0 radical (unpaired) electrons. The normalized spacial score (nSPS) is 16.1. The lowest BCUT2D eigenvalue weighted by Crippen LogP contribution is -2.45.